The van der Waals surface area contributed by atoms with Gasteiger partial charge in [0.25, 0.3) is 0 Å². The first-order chi connectivity index (χ1) is 5.63. The third kappa shape index (κ3) is 2.21. The van der Waals surface area contributed by atoms with Crippen molar-refractivity contribution in [2.24, 2.45) is 5.92 Å². The van der Waals surface area contributed by atoms with Crippen LogP contribution in [-0.2, 0) is 12.8 Å². The molecule has 0 aromatic carbocycles. The van der Waals surface area contributed by atoms with Gasteiger partial charge in [0.2, 0.25) is 0 Å². The molecular formula is C9H15NOS. The van der Waals surface area contributed by atoms with Crippen molar-refractivity contribution in [3.05, 3.63) is 20.2 Å². The molecule has 0 aliphatic carbocycles. The normalized spacial score (nSPS) is 11.0. The summed E-state index contributed by atoms with van der Waals surface area (Å²) in [6, 6.07) is 0. The van der Waals surface area contributed by atoms with E-state index in [-0.39, 0.29) is 4.87 Å². The second kappa shape index (κ2) is 3.90. The predicted molar refractivity (Wildman–Crippen MR) is 52.9 cm³/mol. The Bertz CT molecular complexity index is 298. The lowest BCUT2D eigenvalue weighted by atomic mass is 10.1. The average Bonchev–Trinajstić information content (AvgIpc) is 2.29. The van der Waals surface area contributed by atoms with Gasteiger partial charge in [0.15, 0.2) is 0 Å². The largest absolute Gasteiger partial charge is 0.316 e. The molecule has 0 bridgehead atoms. The number of hydrogen-bond donors (Lipinski definition) is 1. The Morgan fingerprint density at radius 3 is 2.67 bits per heavy atom. The van der Waals surface area contributed by atoms with Gasteiger partial charge in [-0.1, -0.05) is 32.1 Å². The molecule has 3 heteroatoms. The number of nitrogens with one attached hydrogen (secondary N) is 1. The quantitative estimate of drug-likeness (QED) is 0.769. The van der Waals surface area contributed by atoms with Crippen molar-refractivity contribution in [2.75, 3.05) is 0 Å². The van der Waals surface area contributed by atoms with Crippen LogP contribution in [0.1, 0.15) is 31.3 Å². The van der Waals surface area contributed by atoms with Crippen LogP contribution in [-0.4, -0.2) is 4.98 Å². The van der Waals surface area contributed by atoms with E-state index in [1.807, 2.05) is 0 Å². The molecule has 2 nitrogen and oxygen atoms in total. The molecule has 12 heavy (non-hydrogen) atoms. The van der Waals surface area contributed by atoms with Gasteiger partial charge in [0.05, 0.1) is 0 Å². The fraction of sp³-hybridized carbons (Fsp3) is 0.667. The fourth-order valence-electron chi connectivity index (χ4n) is 1.25. The number of aryl methyl sites for hydroxylation is 1. The lowest BCUT2D eigenvalue weighted by Crippen LogP contribution is -2.00. The van der Waals surface area contributed by atoms with Gasteiger partial charge in [-0.3, -0.25) is 4.79 Å². The third-order valence-corrected chi connectivity index (χ3v) is 2.81. The highest BCUT2D eigenvalue weighted by molar-refractivity contribution is 7.09. The number of hydrogen-bond acceptors (Lipinski definition) is 2. The summed E-state index contributed by atoms with van der Waals surface area (Å²) in [7, 11) is 0. The Hall–Kier alpha value is -0.570. The molecule has 1 heterocycles. The Morgan fingerprint density at radius 2 is 2.17 bits per heavy atom. The molecule has 1 aromatic rings. The Morgan fingerprint density at radius 1 is 1.50 bits per heavy atom. The number of aromatic nitrogens is 1. The molecule has 0 aliphatic heterocycles. The molecule has 0 radical (unpaired) electrons. The monoisotopic (exact) mass is 185 g/mol. The zero-order chi connectivity index (χ0) is 9.14. The van der Waals surface area contributed by atoms with Crippen LogP contribution < -0.4 is 4.87 Å². The average molecular weight is 185 g/mol. The van der Waals surface area contributed by atoms with Crippen molar-refractivity contribution in [1.82, 2.24) is 4.98 Å². The Balaban J connectivity index is 2.89. The van der Waals surface area contributed by atoms with Crippen LogP contribution in [0, 0.1) is 5.92 Å². The lowest BCUT2D eigenvalue weighted by molar-refractivity contribution is 0.633. The minimum absolute atomic E-state index is 0.0856. The van der Waals surface area contributed by atoms with Crippen molar-refractivity contribution in [2.45, 2.75) is 33.6 Å². The lowest BCUT2D eigenvalue weighted by Gasteiger charge is -2.02. The first-order valence-electron chi connectivity index (χ1n) is 4.34. The first kappa shape index (κ1) is 9.52. The van der Waals surface area contributed by atoms with Crippen LogP contribution in [0.5, 0.6) is 0 Å². The van der Waals surface area contributed by atoms with Gasteiger partial charge in [-0.2, -0.15) is 0 Å². The molecule has 0 atom stereocenters. The summed E-state index contributed by atoms with van der Waals surface area (Å²) in [5.41, 5.74) is 1.14. The smallest absolute Gasteiger partial charge is 0.304 e. The van der Waals surface area contributed by atoms with Gasteiger partial charge in [-0.05, 0) is 18.8 Å². The summed E-state index contributed by atoms with van der Waals surface area (Å²) >= 11 is 1.35. The zero-order valence-corrected chi connectivity index (χ0v) is 8.62. The minimum Gasteiger partial charge on any atom is -0.316 e. The van der Waals surface area contributed by atoms with E-state index in [4.69, 9.17) is 0 Å². The number of rotatable bonds is 3. The van der Waals surface area contributed by atoms with Gasteiger partial charge in [-0.25, -0.2) is 0 Å². The standard InChI is InChI=1S/C9H15NOS/c1-4-8-7(5-6(2)3)10-9(11)12-8/h6H,4-5H2,1-3H3,(H,10,11). The molecule has 0 aliphatic rings. The van der Waals surface area contributed by atoms with Gasteiger partial charge in [0.1, 0.15) is 0 Å². The molecule has 1 N–H and O–H groups in total. The maximum Gasteiger partial charge on any atom is 0.304 e. The second-order valence-electron chi connectivity index (χ2n) is 3.37. The molecular weight excluding hydrogens is 170 g/mol. The van der Waals surface area contributed by atoms with E-state index in [1.165, 1.54) is 16.2 Å². The maximum absolute atomic E-state index is 11.0. The summed E-state index contributed by atoms with van der Waals surface area (Å²) in [5.74, 6) is 0.612. The highest BCUT2D eigenvalue weighted by Gasteiger charge is 2.07. The highest BCUT2D eigenvalue weighted by atomic mass is 32.1. The van der Waals surface area contributed by atoms with Crippen LogP contribution in [0.2, 0.25) is 0 Å². The third-order valence-electron chi connectivity index (χ3n) is 1.74. The van der Waals surface area contributed by atoms with Crippen molar-refractivity contribution in [1.29, 1.82) is 0 Å². The Labute approximate surface area is 76.6 Å². The summed E-state index contributed by atoms with van der Waals surface area (Å²) in [6.07, 6.45) is 1.95. The van der Waals surface area contributed by atoms with Crippen molar-refractivity contribution >= 4 is 11.3 Å². The van der Waals surface area contributed by atoms with E-state index in [1.54, 1.807) is 0 Å². The first-order valence-corrected chi connectivity index (χ1v) is 5.16. The van der Waals surface area contributed by atoms with E-state index in [9.17, 15) is 4.79 Å². The van der Waals surface area contributed by atoms with Crippen LogP contribution in [0.25, 0.3) is 0 Å². The summed E-state index contributed by atoms with van der Waals surface area (Å²) in [4.78, 5) is 15.2. The van der Waals surface area contributed by atoms with Crippen LogP contribution in [0.3, 0.4) is 0 Å². The van der Waals surface area contributed by atoms with Crippen LogP contribution in [0.15, 0.2) is 4.79 Å². The van der Waals surface area contributed by atoms with Gasteiger partial charge in [-0.15, -0.1) is 0 Å². The molecule has 0 saturated heterocycles. The fourth-order valence-corrected chi connectivity index (χ4v) is 2.05. The maximum atomic E-state index is 11.0. The van der Waals surface area contributed by atoms with Gasteiger partial charge >= 0.3 is 4.87 Å². The molecule has 0 saturated carbocycles. The minimum atomic E-state index is 0.0856. The van der Waals surface area contributed by atoms with Crippen LogP contribution >= 0.6 is 11.3 Å². The van der Waals surface area contributed by atoms with E-state index in [0.717, 1.165) is 18.5 Å². The van der Waals surface area contributed by atoms with Gasteiger partial charge in [0, 0.05) is 10.6 Å². The molecule has 1 aromatic heterocycles. The molecule has 0 unspecified atom stereocenters. The molecule has 0 fully saturated rings. The SMILES string of the molecule is CCc1sc(=O)[nH]c1CC(C)C. The van der Waals surface area contributed by atoms with Crippen molar-refractivity contribution in [3.63, 3.8) is 0 Å². The van der Waals surface area contributed by atoms with E-state index >= 15 is 0 Å². The number of aromatic amines is 1. The van der Waals surface area contributed by atoms with Gasteiger partial charge < -0.3 is 4.98 Å². The van der Waals surface area contributed by atoms with E-state index in [0.29, 0.717) is 5.92 Å². The summed E-state index contributed by atoms with van der Waals surface area (Å²) < 4.78 is 0. The topological polar surface area (TPSA) is 32.9 Å². The van der Waals surface area contributed by atoms with E-state index in [2.05, 4.69) is 25.8 Å². The molecule has 68 valence electrons. The zero-order valence-electron chi connectivity index (χ0n) is 7.81. The van der Waals surface area contributed by atoms with E-state index < -0.39 is 0 Å². The van der Waals surface area contributed by atoms with Crippen molar-refractivity contribution < 1.29 is 0 Å². The molecule has 1 rings (SSSR count). The summed E-state index contributed by atoms with van der Waals surface area (Å²) in [5, 5.41) is 0. The second-order valence-corrected chi connectivity index (χ2v) is 4.44. The molecule has 0 amide bonds. The van der Waals surface area contributed by atoms with Crippen molar-refractivity contribution in [3.8, 4) is 0 Å². The highest BCUT2D eigenvalue weighted by Crippen LogP contribution is 2.13. The van der Waals surface area contributed by atoms with Crippen LogP contribution in [0.4, 0.5) is 0 Å². The molecule has 0 spiro atoms. The Kier molecular flexibility index (Phi) is 3.09. The predicted octanol–water partition coefficient (Wildman–Crippen LogP) is 2.20. The number of H-pyrrole nitrogens is 1. The summed E-state index contributed by atoms with van der Waals surface area (Å²) in [6.45, 7) is 6.41. The number of thiazole rings is 1.